The number of fused-ring (bicyclic) bond motifs is 2. The van der Waals surface area contributed by atoms with Gasteiger partial charge in [0.25, 0.3) is 5.91 Å². The predicted octanol–water partition coefficient (Wildman–Crippen LogP) is 5.25. The number of nitrogen functional groups attached to an aromatic ring is 1. The van der Waals surface area contributed by atoms with Crippen molar-refractivity contribution >= 4 is 22.8 Å². The molecule has 0 saturated heterocycles. The molecule has 1 amide bonds. The Morgan fingerprint density at radius 2 is 1.94 bits per heavy atom. The number of hydrogen-bond acceptors (Lipinski definition) is 5. The summed E-state index contributed by atoms with van der Waals surface area (Å²) in [5.74, 6) is -0.179. The van der Waals surface area contributed by atoms with Gasteiger partial charge in [-0.1, -0.05) is 24.3 Å². The fraction of sp³-hybridized carbons (Fsp3) is 0.269. The minimum Gasteiger partial charge on any atom is -0.418 e. The molecule has 2 N–H and O–H groups in total. The van der Waals surface area contributed by atoms with Crippen LogP contribution in [-0.2, 0) is 6.42 Å². The van der Waals surface area contributed by atoms with Gasteiger partial charge >= 0.3 is 0 Å². The molecule has 1 aliphatic heterocycles. The van der Waals surface area contributed by atoms with Gasteiger partial charge in [0, 0.05) is 12.2 Å². The van der Waals surface area contributed by atoms with E-state index in [-0.39, 0.29) is 29.1 Å². The Kier molecular flexibility index (Phi) is 4.47. The number of pyridine rings is 1. The van der Waals surface area contributed by atoms with Gasteiger partial charge < -0.3 is 15.1 Å². The number of oxazole rings is 1. The number of anilines is 1. The van der Waals surface area contributed by atoms with E-state index in [4.69, 9.17) is 10.2 Å². The van der Waals surface area contributed by atoms with Crippen molar-refractivity contribution in [3.8, 4) is 11.5 Å². The van der Waals surface area contributed by atoms with Crippen molar-refractivity contribution in [1.82, 2.24) is 14.9 Å². The molecule has 4 aromatic rings. The van der Waals surface area contributed by atoms with Crippen LogP contribution in [0.25, 0.3) is 22.7 Å². The Balaban J connectivity index is 1.41. The summed E-state index contributed by atoms with van der Waals surface area (Å²) in [5.41, 5.74) is 10.8. The second-order valence-corrected chi connectivity index (χ2v) is 8.91. The van der Waals surface area contributed by atoms with E-state index in [9.17, 15) is 9.18 Å². The van der Waals surface area contributed by atoms with E-state index in [1.807, 2.05) is 30.0 Å². The first-order valence-electron chi connectivity index (χ1n) is 11.2. The third kappa shape index (κ3) is 3.35. The Labute approximate surface area is 190 Å². The molecule has 1 aliphatic carbocycles. The van der Waals surface area contributed by atoms with Crippen LogP contribution < -0.4 is 5.73 Å². The van der Waals surface area contributed by atoms with Crippen LogP contribution in [0.15, 0.2) is 52.9 Å². The lowest BCUT2D eigenvalue weighted by atomic mass is 9.93. The summed E-state index contributed by atoms with van der Waals surface area (Å²) in [4.78, 5) is 24.5. The smallest absolute Gasteiger partial charge is 0.273 e. The Bertz CT molecular complexity index is 1410. The minimum atomic E-state index is -0.508. The summed E-state index contributed by atoms with van der Waals surface area (Å²) in [7, 11) is 0. The van der Waals surface area contributed by atoms with Crippen LogP contribution in [-0.4, -0.2) is 27.3 Å². The molecule has 6 rings (SSSR count). The average Bonchev–Trinajstić information content (AvgIpc) is 3.57. The predicted molar refractivity (Wildman–Crippen MR) is 123 cm³/mol. The molecule has 0 radical (unpaired) electrons. The Morgan fingerprint density at radius 3 is 2.73 bits per heavy atom. The maximum Gasteiger partial charge on any atom is 0.273 e. The number of carbonyl (C=O) groups is 1. The Morgan fingerprint density at radius 1 is 1.12 bits per heavy atom. The average molecular weight is 442 g/mol. The fourth-order valence-corrected chi connectivity index (χ4v) is 4.76. The third-order valence-electron chi connectivity index (χ3n) is 6.71. The van der Waals surface area contributed by atoms with Gasteiger partial charge in [-0.15, -0.1) is 0 Å². The van der Waals surface area contributed by atoms with Crippen LogP contribution in [0.2, 0.25) is 0 Å². The molecule has 2 aliphatic rings. The van der Waals surface area contributed by atoms with Gasteiger partial charge in [0.1, 0.15) is 17.0 Å². The monoisotopic (exact) mass is 442 g/mol. The third-order valence-corrected chi connectivity index (χ3v) is 6.71. The summed E-state index contributed by atoms with van der Waals surface area (Å²) in [6.45, 7) is 2.68. The molecular weight excluding hydrogens is 419 g/mol. The van der Waals surface area contributed by atoms with Crippen molar-refractivity contribution in [2.45, 2.75) is 38.1 Å². The quantitative estimate of drug-likeness (QED) is 0.438. The fourth-order valence-electron chi connectivity index (χ4n) is 4.76. The van der Waals surface area contributed by atoms with Gasteiger partial charge in [-0.25, -0.2) is 14.4 Å². The van der Waals surface area contributed by atoms with Crippen LogP contribution in [0, 0.1) is 5.82 Å². The van der Waals surface area contributed by atoms with Gasteiger partial charge in [-0.2, -0.15) is 0 Å². The normalized spacial score (nSPS) is 17.9. The molecule has 1 unspecified atom stereocenters. The largest absolute Gasteiger partial charge is 0.418 e. The van der Waals surface area contributed by atoms with E-state index >= 15 is 0 Å². The highest BCUT2D eigenvalue weighted by molar-refractivity contribution is 5.95. The molecule has 1 saturated carbocycles. The van der Waals surface area contributed by atoms with Crippen LogP contribution in [0.4, 0.5) is 10.1 Å². The molecule has 0 spiro atoms. The van der Waals surface area contributed by atoms with E-state index in [1.165, 1.54) is 17.2 Å². The van der Waals surface area contributed by atoms with Gasteiger partial charge in [0.05, 0.1) is 11.6 Å². The molecule has 6 nitrogen and oxygen atoms in total. The number of nitrogens with two attached hydrogens (primary N) is 1. The zero-order chi connectivity index (χ0) is 22.7. The molecular formula is C26H23FN4O2. The number of halogens is 1. The minimum absolute atomic E-state index is 0.0431. The van der Waals surface area contributed by atoms with Crippen LogP contribution >= 0.6 is 0 Å². The second-order valence-electron chi connectivity index (χ2n) is 8.91. The molecule has 33 heavy (non-hydrogen) atoms. The number of benzene rings is 2. The molecule has 0 bridgehead atoms. The van der Waals surface area contributed by atoms with Crippen LogP contribution in [0.3, 0.4) is 0 Å². The van der Waals surface area contributed by atoms with E-state index in [1.54, 1.807) is 12.1 Å². The lowest BCUT2D eigenvalue weighted by molar-refractivity contribution is 0.0671. The lowest BCUT2D eigenvalue weighted by Gasteiger charge is -2.35. The SMILES string of the molecule is CC1c2ccccc2CCN1C(=O)c1cc(C2CC2)c2nc(-c3ccc(N)cc3F)oc2n1. The number of nitrogens with zero attached hydrogens (tertiary/aromatic N) is 3. The number of hydrogen-bond donors (Lipinski definition) is 1. The van der Waals surface area contributed by atoms with E-state index in [0.717, 1.165) is 24.8 Å². The van der Waals surface area contributed by atoms with Crippen LogP contribution in [0.1, 0.15) is 58.9 Å². The van der Waals surface area contributed by atoms with Gasteiger partial charge in [-0.3, -0.25) is 4.79 Å². The zero-order valence-corrected chi connectivity index (χ0v) is 18.2. The van der Waals surface area contributed by atoms with Gasteiger partial charge in [-0.05, 0) is 73.1 Å². The van der Waals surface area contributed by atoms with E-state index in [0.29, 0.717) is 29.4 Å². The molecule has 1 atom stereocenters. The summed E-state index contributed by atoms with van der Waals surface area (Å²) in [5, 5.41) is 0. The van der Waals surface area contributed by atoms with Crippen molar-refractivity contribution in [3.63, 3.8) is 0 Å². The molecule has 1 fully saturated rings. The topological polar surface area (TPSA) is 85.2 Å². The van der Waals surface area contributed by atoms with Crippen molar-refractivity contribution in [2.24, 2.45) is 0 Å². The van der Waals surface area contributed by atoms with Crippen molar-refractivity contribution < 1.29 is 13.6 Å². The van der Waals surface area contributed by atoms with Crippen molar-refractivity contribution in [2.75, 3.05) is 12.3 Å². The summed E-state index contributed by atoms with van der Waals surface area (Å²) in [6.07, 6.45) is 2.87. The maximum atomic E-state index is 14.5. The van der Waals surface area contributed by atoms with Crippen molar-refractivity contribution in [3.05, 3.63) is 76.7 Å². The lowest BCUT2D eigenvalue weighted by Crippen LogP contribution is -2.39. The number of rotatable bonds is 3. The standard InChI is InChI=1S/C26H23FN4O2/c1-14-18-5-3-2-4-15(18)10-11-31(14)26(32)22-13-20(16-6-7-16)23-25(29-22)33-24(30-23)19-9-8-17(28)12-21(19)27/h2-5,8-9,12-14,16H,6-7,10-11,28H2,1H3. The van der Waals surface area contributed by atoms with Gasteiger partial charge in [0.2, 0.25) is 11.6 Å². The summed E-state index contributed by atoms with van der Waals surface area (Å²) in [6, 6.07) is 14.4. The molecule has 7 heteroatoms. The number of aromatic nitrogens is 2. The molecule has 3 heterocycles. The maximum absolute atomic E-state index is 14.5. The van der Waals surface area contributed by atoms with Gasteiger partial charge in [0.15, 0.2) is 0 Å². The molecule has 2 aromatic heterocycles. The van der Waals surface area contributed by atoms with Crippen LogP contribution in [0.5, 0.6) is 0 Å². The highest BCUT2D eigenvalue weighted by Gasteiger charge is 2.33. The van der Waals surface area contributed by atoms with E-state index in [2.05, 4.69) is 22.1 Å². The molecule has 2 aromatic carbocycles. The first-order valence-corrected chi connectivity index (χ1v) is 11.2. The second kappa shape index (κ2) is 7.40. The van der Waals surface area contributed by atoms with Crippen molar-refractivity contribution in [1.29, 1.82) is 0 Å². The van der Waals surface area contributed by atoms with E-state index < -0.39 is 5.82 Å². The highest BCUT2D eigenvalue weighted by atomic mass is 19.1. The Hall–Kier alpha value is -3.74. The highest BCUT2D eigenvalue weighted by Crippen LogP contribution is 2.44. The first kappa shape index (κ1) is 19.9. The first-order chi connectivity index (χ1) is 16.0. The number of carbonyl (C=O) groups excluding carboxylic acids is 1. The molecule has 166 valence electrons. The zero-order valence-electron chi connectivity index (χ0n) is 18.2. The number of amides is 1. The summed E-state index contributed by atoms with van der Waals surface area (Å²) < 4.78 is 20.4. The summed E-state index contributed by atoms with van der Waals surface area (Å²) >= 11 is 0.